The van der Waals surface area contributed by atoms with Crippen LogP contribution in [0.1, 0.15) is 0 Å². The van der Waals surface area contributed by atoms with Crippen molar-refractivity contribution in [2.45, 2.75) is 0 Å². The molecule has 0 N–H and O–H groups in total. The topological polar surface area (TPSA) is 0 Å². The molecule has 0 saturated heterocycles. The van der Waals surface area contributed by atoms with Gasteiger partial charge < -0.3 is 0 Å². The number of hydrogen-bond donors (Lipinski definition) is 0. The summed E-state index contributed by atoms with van der Waals surface area (Å²) >= 11 is 0. The van der Waals surface area contributed by atoms with Crippen LogP contribution in [0.3, 0.4) is 0 Å². The van der Waals surface area contributed by atoms with Gasteiger partial charge in [-0.05, 0) is 32.3 Å². The zero-order chi connectivity index (χ0) is 11.9. The molecule has 0 amide bonds. The van der Waals surface area contributed by atoms with Crippen LogP contribution in [0.5, 0.6) is 0 Å². The molecule has 0 saturated carbocycles. The van der Waals surface area contributed by atoms with E-state index in [9.17, 15) is 0 Å². The van der Waals surface area contributed by atoms with E-state index in [2.05, 4.69) is 72.8 Å². The van der Waals surface area contributed by atoms with E-state index in [-0.39, 0.29) is 48.9 Å². The fraction of sp³-hybridized carbons (Fsp3) is 0. The van der Waals surface area contributed by atoms with Crippen LogP contribution in [0.25, 0.3) is 32.3 Å². The van der Waals surface area contributed by atoms with Gasteiger partial charge in [-0.25, -0.2) is 0 Å². The summed E-state index contributed by atoms with van der Waals surface area (Å²) in [5.74, 6) is 0. The Balaban J connectivity index is 0.00000110. The summed E-state index contributed by atoms with van der Waals surface area (Å²) in [5.41, 5.74) is 0. The van der Waals surface area contributed by atoms with Gasteiger partial charge in [-0.3, -0.25) is 0 Å². The van der Waals surface area contributed by atoms with Crippen molar-refractivity contribution in [3.63, 3.8) is 0 Å². The Morgan fingerprint density at radius 3 is 1.26 bits per heavy atom. The van der Waals surface area contributed by atoms with Crippen LogP contribution >= 0.6 is 0 Å². The van der Waals surface area contributed by atoms with E-state index in [0.717, 1.165) is 0 Å². The zero-order valence-corrected chi connectivity index (χ0v) is 15.1. The minimum Gasteiger partial charge on any atom is -0.0616 e. The summed E-state index contributed by atoms with van der Waals surface area (Å²) in [6.07, 6.45) is 0. The van der Waals surface area contributed by atoms with E-state index in [4.69, 9.17) is 0 Å². The van der Waals surface area contributed by atoms with E-state index in [0.29, 0.717) is 0 Å². The van der Waals surface area contributed by atoms with Gasteiger partial charge in [-0.1, -0.05) is 72.8 Å². The van der Waals surface area contributed by atoms with E-state index in [1.165, 1.54) is 32.3 Å². The van der Waals surface area contributed by atoms with Gasteiger partial charge in [0.25, 0.3) is 0 Å². The Morgan fingerprint density at radius 2 is 0.789 bits per heavy atom. The van der Waals surface area contributed by atoms with Crippen molar-refractivity contribution in [1.29, 1.82) is 0 Å². The van der Waals surface area contributed by atoms with Crippen LogP contribution in [-0.4, -0.2) is 48.9 Å². The minimum atomic E-state index is 0. The molecule has 0 aliphatic carbocycles. The molecule has 0 unspecified atom stereocenters. The fourth-order valence-electron chi connectivity index (χ4n) is 2.77. The monoisotopic (exact) mass is 366 g/mol. The maximum Gasteiger partial charge on any atom is 2.00 e. The van der Waals surface area contributed by atoms with Crippen LogP contribution in [0.15, 0.2) is 72.8 Å². The van der Waals surface area contributed by atoms with Crippen molar-refractivity contribution in [3.05, 3.63) is 72.8 Å². The standard InChI is InChI=1S/C18H12.Ba/c1-3-7-15-13(5-1)9-11-18-16-8-4-2-6-14(16)10-12-17(15)18;/h1-12H;/q;+2. The molecule has 0 aliphatic heterocycles. The van der Waals surface area contributed by atoms with E-state index in [1.807, 2.05) is 0 Å². The van der Waals surface area contributed by atoms with Crippen molar-refractivity contribution in [1.82, 2.24) is 0 Å². The van der Waals surface area contributed by atoms with Gasteiger partial charge in [-0.15, -0.1) is 0 Å². The number of hydrogen-bond acceptors (Lipinski definition) is 0. The smallest absolute Gasteiger partial charge is 0.0616 e. The van der Waals surface area contributed by atoms with Crippen molar-refractivity contribution < 1.29 is 0 Å². The van der Waals surface area contributed by atoms with Gasteiger partial charge in [-0.2, -0.15) is 0 Å². The molecule has 0 radical (unpaired) electrons. The van der Waals surface area contributed by atoms with Crippen molar-refractivity contribution in [2.75, 3.05) is 0 Å². The van der Waals surface area contributed by atoms with E-state index < -0.39 is 0 Å². The molecule has 0 aliphatic rings. The molecule has 0 bridgehead atoms. The fourth-order valence-corrected chi connectivity index (χ4v) is 2.77. The van der Waals surface area contributed by atoms with Crippen LogP contribution in [0.2, 0.25) is 0 Å². The molecular weight excluding hydrogens is 354 g/mol. The molecule has 4 rings (SSSR count). The molecule has 84 valence electrons. The average Bonchev–Trinajstić information content (AvgIpc) is 2.46. The van der Waals surface area contributed by atoms with Crippen molar-refractivity contribution in [3.8, 4) is 0 Å². The second-order valence-corrected chi connectivity index (χ2v) is 4.67. The molecule has 0 heterocycles. The second kappa shape index (κ2) is 5.31. The second-order valence-electron chi connectivity index (χ2n) is 4.67. The molecule has 4 aromatic rings. The predicted molar refractivity (Wildman–Crippen MR) is 84.7 cm³/mol. The Kier molecular flexibility index (Phi) is 3.70. The minimum absolute atomic E-state index is 0. The SMILES string of the molecule is [Ba+2].c1ccc2c(c1)ccc1c3ccccc3ccc21. The molecule has 0 nitrogen and oxygen atoms in total. The van der Waals surface area contributed by atoms with E-state index in [1.54, 1.807) is 0 Å². The first-order chi connectivity index (χ1) is 8.93. The molecule has 1 heteroatoms. The van der Waals surface area contributed by atoms with Gasteiger partial charge >= 0.3 is 48.9 Å². The summed E-state index contributed by atoms with van der Waals surface area (Å²) in [6, 6.07) is 26.0. The molecule has 0 aromatic heterocycles. The Labute approximate surface area is 152 Å². The summed E-state index contributed by atoms with van der Waals surface area (Å²) in [6.45, 7) is 0. The number of benzene rings is 4. The van der Waals surface area contributed by atoms with Crippen molar-refractivity contribution in [2.24, 2.45) is 0 Å². The summed E-state index contributed by atoms with van der Waals surface area (Å²) < 4.78 is 0. The maximum absolute atomic E-state index is 2.24. The Hall–Kier alpha value is -0.769. The molecule has 4 aromatic carbocycles. The first kappa shape index (κ1) is 13.2. The summed E-state index contributed by atoms with van der Waals surface area (Å²) in [5, 5.41) is 7.96. The number of rotatable bonds is 0. The Morgan fingerprint density at radius 1 is 0.368 bits per heavy atom. The summed E-state index contributed by atoms with van der Waals surface area (Å²) in [4.78, 5) is 0. The third-order valence-electron chi connectivity index (χ3n) is 3.65. The predicted octanol–water partition coefficient (Wildman–Crippen LogP) is 4.77. The van der Waals surface area contributed by atoms with Crippen molar-refractivity contribution >= 4 is 81.2 Å². The van der Waals surface area contributed by atoms with Crippen LogP contribution in [-0.2, 0) is 0 Å². The molecule has 0 fully saturated rings. The molecular formula is C18H12Ba+2. The van der Waals surface area contributed by atoms with E-state index >= 15 is 0 Å². The van der Waals surface area contributed by atoms with Crippen LogP contribution in [0, 0.1) is 0 Å². The molecule has 19 heavy (non-hydrogen) atoms. The Bertz CT molecular complexity index is 803. The van der Waals surface area contributed by atoms with Crippen LogP contribution < -0.4 is 0 Å². The number of fused-ring (bicyclic) bond motifs is 5. The normalized spacial score (nSPS) is 10.7. The first-order valence-electron chi connectivity index (χ1n) is 6.23. The largest absolute Gasteiger partial charge is 2.00 e. The summed E-state index contributed by atoms with van der Waals surface area (Å²) in [7, 11) is 0. The van der Waals surface area contributed by atoms with Gasteiger partial charge in [0.2, 0.25) is 0 Å². The van der Waals surface area contributed by atoms with Gasteiger partial charge in [0.05, 0.1) is 0 Å². The van der Waals surface area contributed by atoms with Gasteiger partial charge in [0, 0.05) is 0 Å². The quantitative estimate of drug-likeness (QED) is 0.311. The third kappa shape index (κ3) is 2.14. The van der Waals surface area contributed by atoms with Gasteiger partial charge in [0.1, 0.15) is 0 Å². The van der Waals surface area contributed by atoms with Crippen LogP contribution in [0.4, 0.5) is 0 Å². The zero-order valence-electron chi connectivity index (χ0n) is 10.6. The van der Waals surface area contributed by atoms with Gasteiger partial charge in [0.15, 0.2) is 0 Å². The molecule has 0 spiro atoms. The third-order valence-corrected chi connectivity index (χ3v) is 3.65. The maximum atomic E-state index is 2.24. The molecule has 0 atom stereocenters. The average molecular weight is 366 g/mol. The first-order valence-corrected chi connectivity index (χ1v) is 6.23.